The van der Waals surface area contributed by atoms with Gasteiger partial charge in [-0.25, -0.2) is 13.2 Å². The van der Waals surface area contributed by atoms with Crippen LogP contribution in [0.5, 0.6) is 0 Å². The Morgan fingerprint density at radius 1 is 1.00 bits per heavy atom. The first-order chi connectivity index (χ1) is 17.9. The zero-order chi connectivity index (χ0) is 26.2. The quantitative estimate of drug-likeness (QED) is 0.245. The molecule has 37 heavy (non-hydrogen) atoms. The van der Waals surface area contributed by atoms with Crippen molar-refractivity contribution >= 4 is 29.2 Å². The lowest BCUT2D eigenvalue weighted by molar-refractivity contribution is 0.0468. The molecule has 0 radical (unpaired) electrons. The van der Waals surface area contributed by atoms with Crippen LogP contribution in [0.15, 0.2) is 71.8 Å². The van der Waals surface area contributed by atoms with Crippen LogP contribution in [0.3, 0.4) is 0 Å². The van der Waals surface area contributed by atoms with Gasteiger partial charge in [0.15, 0.2) is 5.11 Å². The molecule has 6 nitrogen and oxygen atoms in total. The summed E-state index contributed by atoms with van der Waals surface area (Å²) in [6, 6.07) is 18.5. The van der Waals surface area contributed by atoms with E-state index in [1.165, 1.54) is 18.2 Å². The Bertz CT molecular complexity index is 1220. The van der Waals surface area contributed by atoms with E-state index in [0.29, 0.717) is 39.4 Å². The molecule has 1 fully saturated rings. The molecule has 4 rings (SSSR count). The number of nitrogens with two attached hydrogens (primary N) is 1. The van der Waals surface area contributed by atoms with Gasteiger partial charge in [0.1, 0.15) is 17.5 Å². The lowest BCUT2D eigenvalue weighted by Crippen LogP contribution is -2.48. The van der Waals surface area contributed by atoms with Crippen molar-refractivity contribution in [3.05, 3.63) is 101 Å². The molecule has 3 N–H and O–H groups in total. The van der Waals surface area contributed by atoms with Gasteiger partial charge in [0, 0.05) is 37.8 Å². The summed E-state index contributed by atoms with van der Waals surface area (Å²) in [6.07, 6.45) is 1.13. The maximum Gasteiger partial charge on any atom is 0.184 e. The second-order valence-corrected chi connectivity index (χ2v) is 9.09. The fourth-order valence-electron chi connectivity index (χ4n) is 4.29. The number of anilines is 1. The Balaban J connectivity index is 1.43. The number of rotatable bonds is 9. The van der Waals surface area contributed by atoms with E-state index in [2.05, 4.69) is 27.6 Å². The maximum absolute atomic E-state index is 14.9. The van der Waals surface area contributed by atoms with Crippen molar-refractivity contribution in [1.29, 1.82) is 0 Å². The number of nitrogens with one attached hydrogen (secondary N) is 1. The van der Waals surface area contributed by atoms with E-state index in [1.807, 2.05) is 35.2 Å². The minimum absolute atomic E-state index is 0.0180. The Hall–Kier alpha value is -3.47. The largest absolute Gasteiger partial charge is 0.375 e. The van der Waals surface area contributed by atoms with Crippen LogP contribution >= 0.6 is 12.2 Å². The predicted molar refractivity (Wildman–Crippen MR) is 143 cm³/mol. The van der Waals surface area contributed by atoms with Crippen LogP contribution in [0.2, 0.25) is 0 Å². The molecule has 0 bridgehead atoms. The summed E-state index contributed by atoms with van der Waals surface area (Å²) >= 11 is 4.64. The Morgan fingerprint density at radius 3 is 2.38 bits per heavy atom. The minimum atomic E-state index is -0.606. The number of hydrogen-bond acceptors (Lipinski definition) is 5. The van der Waals surface area contributed by atoms with Gasteiger partial charge in [-0.15, -0.1) is 0 Å². The molecular weight excluding hydrogens is 499 g/mol. The molecule has 194 valence electrons. The second kappa shape index (κ2) is 12.7. The standard InChI is InChI=1S/C27H28F3N5OS/c28-22-8-6-20(7-9-22)26(18-36-17-19-4-2-1-3-5-19)35-12-10-34(11-13-35)25-15-23(29)21(14-24(25)30)16-32-33-27(31)37/h1-9,14-16,26H,10-13,17-18H2,(H3,31,33,37)/b32-16+/t26-/m1/s1. The van der Waals surface area contributed by atoms with Crippen LogP contribution in [-0.2, 0) is 11.3 Å². The molecule has 10 heteroatoms. The molecule has 1 aliphatic rings. The van der Waals surface area contributed by atoms with Gasteiger partial charge in [-0.05, 0) is 41.5 Å². The number of halogens is 3. The topological polar surface area (TPSA) is 66.1 Å². The van der Waals surface area contributed by atoms with Crippen LogP contribution < -0.4 is 16.1 Å². The average molecular weight is 528 g/mol. The van der Waals surface area contributed by atoms with Gasteiger partial charge in [-0.3, -0.25) is 10.3 Å². The smallest absolute Gasteiger partial charge is 0.184 e. The molecule has 0 spiro atoms. The summed E-state index contributed by atoms with van der Waals surface area (Å²) in [5.41, 5.74) is 9.77. The zero-order valence-electron chi connectivity index (χ0n) is 20.1. The summed E-state index contributed by atoms with van der Waals surface area (Å²) in [4.78, 5) is 4.04. The molecule has 0 saturated carbocycles. The highest BCUT2D eigenvalue weighted by Crippen LogP contribution is 2.28. The molecule has 0 aromatic heterocycles. The van der Waals surface area contributed by atoms with Crippen LogP contribution in [-0.4, -0.2) is 49.0 Å². The highest BCUT2D eigenvalue weighted by atomic mass is 32.1. The van der Waals surface area contributed by atoms with Gasteiger partial charge in [0.25, 0.3) is 0 Å². The lowest BCUT2D eigenvalue weighted by atomic mass is 10.0. The molecule has 3 aromatic carbocycles. The summed E-state index contributed by atoms with van der Waals surface area (Å²) in [6.45, 7) is 3.05. The lowest BCUT2D eigenvalue weighted by Gasteiger charge is -2.40. The predicted octanol–water partition coefficient (Wildman–Crippen LogP) is 4.35. The fraction of sp³-hybridized carbons (Fsp3) is 0.259. The van der Waals surface area contributed by atoms with Crippen molar-refractivity contribution < 1.29 is 17.9 Å². The monoisotopic (exact) mass is 527 g/mol. The maximum atomic E-state index is 14.9. The number of ether oxygens (including phenoxy) is 1. The molecule has 0 amide bonds. The van der Waals surface area contributed by atoms with Crippen LogP contribution in [0.25, 0.3) is 0 Å². The van der Waals surface area contributed by atoms with Crippen LogP contribution in [0.4, 0.5) is 18.9 Å². The summed E-state index contributed by atoms with van der Waals surface area (Å²) < 4.78 is 49.1. The van der Waals surface area contributed by atoms with Crippen molar-refractivity contribution in [3.63, 3.8) is 0 Å². The Kier molecular flexibility index (Phi) is 9.10. The number of benzene rings is 3. The van der Waals surface area contributed by atoms with Gasteiger partial charge in [-0.1, -0.05) is 42.5 Å². The van der Waals surface area contributed by atoms with Crippen molar-refractivity contribution in [2.45, 2.75) is 12.6 Å². The number of hydrazone groups is 1. The molecule has 1 aliphatic heterocycles. The van der Waals surface area contributed by atoms with Gasteiger partial charge in [0.05, 0.1) is 31.2 Å². The summed E-state index contributed by atoms with van der Waals surface area (Å²) in [5, 5.41) is 3.62. The van der Waals surface area contributed by atoms with E-state index < -0.39 is 11.6 Å². The van der Waals surface area contributed by atoms with E-state index in [9.17, 15) is 13.2 Å². The Morgan fingerprint density at radius 2 is 1.70 bits per heavy atom. The number of piperazine rings is 1. The van der Waals surface area contributed by atoms with Gasteiger partial charge in [-0.2, -0.15) is 5.10 Å². The van der Waals surface area contributed by atoms with Crippen molar-refractivity contribution in [2.24, 2.45) is 10.8 Å². The third-order valence-corrected chi connectivity index (χ3v) is 6.27. The second-order valence-electron chi connectivity index (χ2n) is 8.65. The average Bonchev–Trinajstić information content (AvgIpc) is 2.90. The highest BCUT2D eigenvalue weighted by Gasteiger charge is 2.27. The minimum Gasteiger partial charge on any atom is -0.375 e. The molecular formula is C27H28F3N5OS. The van der Waals surface area contributed by atoms with Crippen molar-refractivity contribution in [1.82, 2.24) is 10.3 Å². The summed E-state index contributed by atoms with van der Waals surface area (Å²) in [5.74, 6) is -1.45. The van der Waals surface area contributed by atoms with Gasteiger partial charge >= 0.3 is 0 Å². The number of thiocarbonyl (C=S) groups is 1. The highest BCUT2D eigenvalue weighted by molar-refractivity contribution is 7.80. The van der Waals surface area contributed by atoms with E-state index in [1.54, 1.807) is 12.1 Å². The van der Waals surface area contributed by atoms with Crippen LogP contribution in [0, 0.1) is 17.5 Å². The number of nitrogens with zero attached hydrogens (tertiary/aromatic N) is 3. The SMILES string of the molecule is NC(=S)N/N=C/c1cc(F)c(N2CCN([C@H](COCc3ccccc3)c3ccc(F)cc3)CC2)cc1F. The molecule has 0 aliphatic carbocycles. The fourth-order valence-corrected chi connectivity index (χ4v) is 4.35. The molecule has 1 atom stereocenters. The third-order valence-electron chi connectivity index (χ3n) is 6.18. The van der Waals surface area contributed by atoms with E-state index in [-0.39, 0.29) is 28.2 Å². The first-order valence-electron chi connectivity index (χ1n) is 11.8. The van der Waals surface area contributed by atoms with Crippen molar-refractivity contribution in [3.8, 4) is 0 Å². The first-order valence-corrected chi connectivity index (χ1v) is 12.2. The Labute approximate surface area is 219 Å². The molecule has 0 unspecified atom stereocenters. The molecule has 1 heterocycles. The van der Waals surface area contributed by atoms with Crippen molar-refractivity contribution in [2.75, 3.05) is 37.7 Å². The number of hydrogen-bond donors (Lipinski definition) is 2. The van der Waals surface area contributed by atoms with Gasteiger partial charge < -0.3 is 15.4 Å². The summed E-state index contributed by atoms with van der Waals surface area (Å²) in [7, 11) is 0. The normalized spacial score (nSPS) is 15.2. The van der Waals surface area contributed by atoms with Crippen LogP contribution in [0.1, 0.15) is 22.7 Å². The van der Waals surface area contributed by atoms with E-state index >= 15 is 0 Å². The molecule has 1 saturated heterocycles. The van der Waals surface area contributed by atoms with E-state index in [0.717, 1.165) is 23.4 Å². The first kappa shape index (κ1) is 26.6. The third kappa shape index (κ3) is 7.28. The van der Waals surface area contributed by atoms with E-state index in [4.69, 9.17) is 10.5 Å². The molecule has 3 aromatic rings. The van der Waals surface area contributed by atoms with Gasteiger partial charge in [0.2, 0.25) is 0 Å². The zero-order valence-corrected chi connectivity index (χ0v) is 20.9.